The second-order valence-electron chi connectivity index (χ2n) is 6.09. The Labute approximate surface area is 148 Å². The third kappa shape index (κ3) is 5.38. The van der Waals surface area contributed by atoms with Crippen molar-refractivity contribution < 1.29 is 14.3 Å². The second-order valence-corrected chi connectivity index (χ2v) is 6.09. The molecule has 134 valence electrons. The topological polar surface area (TPSA) is 72.5 Å². The highest BCUT2D eigenvalue weighted by Gasteiger charge is 2.12. The van der Waals surface area contributed by atoms with Gasteiger partial charge in [0.1, 0.15) is 11.5 Å². The molecule has 0 aliphatic carbocycles. The molecule has 0 fully saturated rings. The Bertz CT molecular complexity index is 717. The van der Waals surface area contributed by atoms with Crippen LogP contribution in [0.3, 0.4) is 0 Å². The van der Waals surface area contributed by atoms with Crippen molar-refractivity contribution in [3.63, 3.8) is 0 Å². The number of amides is 1. The molecular weight excluding hydrogens is 318 g/mol. The normalized spacial score (nSPS) is 10.4. The van der Waals surface area contributed by atoms with E-state index in [1.165, 1.54) is 6.20 Å². The molecule has 0 bridgehead atoms. The molecule has 1 amide bonds. The van der Waals surface area contributed by atoms with Gasteiger partial charge in [-0.15, -0.1) is 0 Å². The fourth-order valence-corrected chi connectivity index (χ4v) is 2.27. The van der Waals surface area contributed by atoms with Crippen molar-refractivity contribution in [1.29, 1.82) is 0 Å². The number of anilines is 2. The molecular formula is C19H25N3O3. The number of hydrogen-bond donors (Lipinski definition) is 2. The quantitative estimate of drug-likeness (QED) is 0.762. The molecule has 25 heavy (non-hydrogen) atoms. The SMILES string of the molecule is COc1ccc(OC)c(NC(=O)c2cncc(NCCC(C)C)c2)c1. The van der Waals surface area contributed by atoms with Crippen molar-refractivity contribution in [3.8, 4) is 11.5 Å². The largest absolute Gasteiger partial charge is 0.497 e. The molecule has 0 aliphatic rings. The first-order valence-corrected chi connectivity index (χ1v) is 8.25. The average Bonchev–Trinajstić information content (AvgIpc) is 2.61. The summed E-state index contributed by atoms with van der Waals surface area (Å²) in [6.07, 6.45) is 4.30. The highest BCUT2D eigenvalue weighted by molar-refractivity contribution is 6.05. The van der Waals surface area contributed by atoms with Crippen LogP contribution in [0.1, 0.15) is 30.6 Å². The van der Waals surface area contributed by atoms with Gasteiger partial charge in [-0.25, -0.2) is 0 Å². The third-order valence-corrected chi connectivity index (χ3v) is 3.71. The van der Waals surface area contributed by atoms with Gasteiger partial charge in [0, 0.05) is 25.0 Å². The maximum atomic E-state index is 12.5. The molecule has 0 saturated carbocycles. The van der Waals surface area contributed by atoms with Gasteiger partial charge >= 0.3 is 0 Å². The first-order valence-electron chi connectivity index (χ1n) is 8.25. The summed E-state index contributed by atoms with van der Waals surface area (Å²) in [4.78, 5) is 16.7. The van der Waals surface area contributed by atoms with E-state index >= 15 is 0 Å². The Kier molecular flexibility index (Phi) is 6.62. The number of benzene rings is 1. The zero-order valence-electron chi connectivity index (χ0n) is 15.1. The van der Waals surface area contributed by atoms with Crippen LogP contribution in [-0.2, 0) is 0 Å². The van der Waals surface area contributed by atoms with Crippen LogP contribution in [0.25, 0.3) is 0 Å². The van der Waals surface area contributed by atoms with Crippen LogP contribution in [0.2, 0.25) is 0 Å². The number of nitrogens with one attached hydrogen (secondary N) is 2. The summed E-state index contributed by atoms with van der Waals surface area (Å²) in [5, 5.41) is 6.13. The van der Waals surface area contributed by atoms with Crippen LogP contribution in [0, 0.1) is 5.92 Å². The number of aromatic nitrogens is 1. The Balaban J connectivity index is 2.10. The van der Waals surface area contributed by atoms with Crippen LogP contribution < -0.4 is 20.1 Å². The molecule has 0 atom stereocenters. The molecule has 1 aromatic heterocycles. The van der Waals surface area contributed by atoms with E-state index in [-0.39, 0.29) is 5.91 Å². The van der Waals surface area contributed by atoms with Crippen LogP contribution in [0.4, 0.5) is 11.4 Å². The smallest absolute Gasteiger partial charge is 0.257 e. The maximum Gasteiger partial charge on any atom is 0.257 e. The Morgan fingerprint density at radius 1 is 1.16 bits per heavy atom. The minimum Gasteiger partial charge on any atom is -0.497 e. The van der Waals surface area contributed by atoms with Crippen molar-refractivity contribution in [2.75, 3.05) is 31.4 Å². The molecule has 0 unspecified atom stereocenters. The number of carbonyl (C=O) groups is 1. The molecule has 0 aliphatic heterocycles. The van der Waals surface area contributed by atoms with Gasteiger partial charge < -0.3 is 20.1 Å². The van der Waals surface area contributed by atoms with Gasteiger partial charge in [0.2, 0.25) is 0 Å². The molecule has 1 heterocycles. The molecule has 1 aromatic carbocycles. The lowest BCUT2D eigenvalue weighted by Gasteiger charge is -2.12. The summed E-state index contributed by atoms with van der Waals surface area (Å²) in [7, 11) is 3.13. The standard InChI is InChI=1S/C19H25N3O3/c1-13(2)7-8-21-15-9-14(11-20-12-15)19(23)22-17-10-16(24-3)5-6-18(17)25-4/h5-6,9-13,21H,7-8H2,1-4H3,(H,22,23). The van der Waals surface area contributed by atoms with Crippen LogP contribution in [0.5, 0.6) is 11.5 Å². The molecule has 2 aromatic rings. The number of carbonyl (C=O) groups excluding carboxylic acids is 1. The number of nitrogens with zero attached hydrogens (tertiary/aromatic N) is 1. The van der Waals surface area contributed by atoms with E-state index in [4.69, 9.17) is 9.47 Å². The minimum atomic E-state index is -0.258. The molecule has 2 N–H and O–H groups in total. The fourth-order valence-electron chi connectivity index (χ4n) is 2.27. The highest BCUT2D eigenvalue weighted by Crippen LogP contribution is 2.29. The van der Waals surface area contributed by atoms with E-state index in [2.05, 4.69) is 29.5 Å². The number of ether oxygens (including phenoxy) is 2. The summed E-state index contributed by atoms with van der Waals surface area (Å²) in [5.74, 6) is 1.56. The molecule has 0 spiro atoms. The number of methoxy groups -OCH3 is 2. The van der Waals surface area contributed by atoms with E-state index in [0.29, 0.717) is 28.7 Å². The number of rotatable bonds is 8. The van der Waals surface area contributed by atoms with E-state index in [9.17, 15) is 4.79 Å². The van der Waals surface area contributed by atoms with Gasteiger partial charge in [-0.2, -0.15) is 0 Å². The van der Waals surface area contributed by atoms with Gasteiger partial charge in [-0.1, -0.05) is 13.8 Å². The van der Waals surface area contributed by atoms with Crippen molar-refractivity contribution in [3.05, 3.63) is 42.2 Å². The van der Waals surface area contributed by atoms with Crippen LogP contribution in [-0.4, -0.2) is 31.7 Å². The summed E-state index contributed by atoms with van der Waals surface area (Å²) < 4.78 is 10.5. The molecule has 0 radical (unpaired) electrons. The number of pyridine rings is 1. The lowest BCUT2D eigenvalue weighted by molar-refractivity contribution is 0.102. The summed E-state index contributed by atoms with van der Waals surface area (Å²) in [5.41, 5.74) is 1.84. The molecule has 6 nitrogen and oxygen atoms in total. The van der Waals surface area contributed by atoms with Gasteiger partial charge in [0.15, 0.2) is 0 Å². The van der Waals surface area contributed by atoms with Crippen molar-refractivity contribution >= 4 is 17.3 Å². The Morgan fingerprint density at radius 3 is 2.64 bits per heavy atom. The summed E-state index contributed by atoms with van der Waals surface area (Å²) in [6.45, 7) is 5.19. The highest BCUT2D eigenvalue weighted by atomic mass is 16.5. The Morgan fingerprint density at radius 2 is 1.96 bits per heavy atom. The first kappa shape index (κ1) is 18.6. The Hall–Kier alpha value is -2.76. The van der Waals surface area contributed by atoms with Crippen LogP contribution in [0.15, 0.2) is 36.7 Å². The third-order valence-electron chi connectivity index (χ3n) is 3.71. The first-order chi connectivity index (χ1) is 12.0. The zero-order chi connectivity index (χ0) is 18.2. The van der Waals surface area contributed by atoms with E-state index in [1.54, 1.807) is 44.7 Å². The molecule has 6 heteroatoms. The van der Waals surface area contributed by atoms with Crippen molar-refractivity contribution in [2.45, 2.75) is 20.3 Å². The van der Waals surface area contributed by atoms with E-state index in [1.807, 2.05) is 0 Å². The van der Waals surface area contributed by atoms with Gasteiger partial charge in [-0.3, -0.25) is 9.78 Å². The summed E-state index contributed by atoms with van der Waals surface area (Å²) in [6, 6.07) is 7.02. The van der Waals surface area contributed by atoms with E-state index < -0.39 is 0 Å². The van der Waals surface area contributed by atoms with E-state index in [0.717, 1.165) is 18.7 Å². The zero-order valence-corrected chi connectivity index (χ0v) is 15.1. The summed E-state index contributed by atoms with van der Waals surface area (Å²) >= 11 is 0. The monoisotopic (exact) mass is 343 g/mol. The molecule has 2 rings (SSSR count). The second kappa shape index (κ2) is 8.92. The predicted molar refractivity (Wildman–Crippen MR) is 99.7 cm³/mol. The average molecular weight is 343 g/mol. The molecule has 0 saturated heterocycles. The van der Waals surface area contributed by atoms with Gasteiger partial charge in [-0.05, 0) is 30.5 Å². The number of hydrogen-bond acceptors (Lipinski definition) is 5. The van der Waals surface area contributed by atoms with Crippen molar-refractivity contribution in [1.82, 2.24) is 4.98 Å². The van der Waals surface area contributed by atoms with Gasteiger partial charge in [0.05, 0.1) is 31.2 Å². The fraction of sp³-hybridized carbons (Fsp3) is 0.368. The maximum absolute atomic E-state index is 12.5. The van der Waals surface area contributed by atoms with Crippen molar-refractivity contribution in [2.24, 2.45) is 5.92 Å². The van der Waals surface area contributed by atoms with Gasteiger partial charge in [0.25, 0.3) is 5.91 Å². The minimum absolute atomic E-state index is 0.258. The lowest BCUT2D eigenvalue weighted by Crippen LogP contribution is -2.14. The predicted octanol–water partition coefficient (Wildman–Crippen LogP) is 3.81. The lowest BCUT2D eigenvalue weighted by atomic mass is 10.1. The van der Waals surface area contributed by atoms with Crippen LogP contribution >= 0.6 is 0 Å².